The van der Waals surface area contributed by atoms with E-state index in [0.717, 1.165) is 25.9 Å². The van der Waals surface area contributed by atoms with Gasteiger partial charge in [-0.25, -0.2) is 0 Å². The SMILES string of the molecule is CC(CC(=O)N(C)Cc1ccccc1OC(F)(F)F)C1CCNCC1.Cl. The van der Waals surface area contributed by atoms with E-state index >= 15 is 0 Å². The molecule has 0 bridgehead atoms. The number of nitrogens with one attached hydrogen (secondary N) is 1. The summed E-state index contributed by atoms with van der Waals surface area (Å²) in [5, 5.41) is 3.30. The Morgan fingerprint density at radius 1 is 1.31 bits per heavy atom. The lowest BCUT2D eigenvalue weighted by Gasteiger charge is -2.29. The van der Waals surface area contributed by atoms with Crippen LogP contribution >= 0.6 is 12.4 Å². The quantitative estimate of drug-likeness (QED) is 0.793. The Labute approximate surface area is 158 Å². The van der Waals surface area contributed by atoms with Crippen molar-refractivity contribution in [2.45, 2.75) is 39.1 Å². The molecule has 0 aliphatic carbocycles. The molecule has 1 unspecified atom stereocenters. The number of halogens is 4. The van der Waals surface area contributed by atoms with Gasteiger partial charge in [-0.1, -0.05) is 25.1 Å². The van der Waals surface area contributed by atoms with E-state index in [1.54, 1.807) is 19.2 Å². The van der Waals surface area contributed by atoms with E-state index < -0.39 is 6.36 Å². The molecular weight excluding hydrogens is 369 g/mol. The van der Waals surface area contributed by atoms with Crippen LogP contribution in [0.4, 0.5) is 13.2 Å². The number of carbonyl (C=O) groups excluding carboxylic acids is 1. The third-order valence-corrected chi connectivity index (χ3v) is 4.72. The predicted molar refractivity (Wildman–Crippen MR) is 96.2 cm³/mol. The second-order valence-corrected chi connectivity index (χ2v) is 6.67. The summed E-state index contributed by atoms with van der Waals surface area (Å²) in [5.74, 6) is 0.451. The fourth-order valence-electron chi connectivity index (χ4n) is 3.21. The number of hydrogen-bond donors (Lipinski definition) is 1. The number of ether oxygens (including phenoxy) is 1. The summed E-state index contributed by atoms with van der Waals surface area (Å²) < 4.78 is 41.5. The van der Waals surface area contributed by atoms with Gasteiger partial charge in [0.05, 0.1) is 0 Å². The van der Waals surface area contributed by atoms with E-state index in [4.69, 9.17) is 0 Å². The van der Waals surface area contributed by atoms with Crippen LogP contribution in [0.15, 0.2) is 24.3 Å². The minimum absolute atomic E-state index is 0. The minimum atomic E-state index is -4.75. The lowest BCUT2D eigenvalue weighted by molar-refractivity contribution is -0.275. The largest absolute Gasteiger partial charge is 0.573 e. The van der Waals surface area contributed by atoms with Gasteiger partial charge in [-0.2, -0.15) is 0 Å². The zero-order chi connectivity index (χ0) is 18.4. The Hall–Kier alpha value is -1.47. The molecule has 0 aromatic heterocycles. The number of benzene rings is 1. The smallest absolute Gasteiger partial charge is 0.405 e. The summed E-state index contributed by atoms with van der Waals surface area (Å²) >= 11 is 0. The number of rotatable bonds is 6. The molecule has 1 fully saturated rings. The van der Waals surface area contributed by atoms with Crippen LogP contribution in [0, 0.1) is 11.8 Å². The van der Waals surface area contributed by atoms with Crippen LogP contribution in [0.1, 0.15) is 31.7 Å². The molecule has 1 aliphatic heterocycles. The average Bonchev–Trinajstić information content (AvgIpc) is 2.56. The van der Waals surface area contributed by atoms with E-state index in [1.807, 2.05) is 0 Å². The summed E-state index contributed by atoms with van der Waals surface area (Å²) in [5.41, 5.74) is 0.338. The average molecular weight is 395 g/mol. The maximum absolute atomic E-state index is 12.5. The van der Waals surface area contributed by atoms with Gasteiger partial charge in [0.25, 0.3) is 0 Å². The van der Waals surface area contributed by atoms with Crippen molar-refractivity contribution in [2.24, 2.45) is 11.8 Å². The second-order valence-electron chi connectivity index (χ2n) is 6.67. The molecule has 0 radical (unpaired) electrons. The third-order valence-electron chi connectivity index (χ3n) is 4.72. The highest BCUT2D eigenvalue weighted by molar-refractivity contribution is 5.85. The summed E-state index contributed by atoms with van der Waals surface area (Å²) in [7, 11) is 1.61. The normalized spacial score (nSPS) is 16.5. The third kappa shape index (κ3) is 7.03. The number of hydrogen-bond acceptors (Lipinski definition) is 3. The molecule has 26 heavy (non-hydrogen) atoms. The highest BCUT2D eigenvalue weighted by Crippen LogP contribution is 2.28. The van der Waals surface area contributed by atoms with Crippen molar-refractivity contribution in [3.05, 3.63) is 29.8 Å². The van der Waals surface area contributed by atoms with Gasteiger partial charge in [0.2, 0.25) is 5.91 Å². The summed E-state index contributed by atoms with van der Waals surface area (Å²) in [6.07, 6.45) is -2.23. The van der Waals surface area contributed by atoms with Gasteiger partial charge in [-0.3, -0.25) is 4.79 Å². The maximum atomic E-state index is 12.5. The molecule has 4 nitrogen and oxygen atoms in total. The number of nitrogens with zero attached hydrogens (tertiary/aromatic N) is 1. The first-order valence-corrected chi connectivity index (χ1v) is 8.54. The Balaban J connectivity index is 0.00000338. The van der Waals surface area contributed by atoms with Gasteiger partial charge in [0.15, 0.2) is 0 Å². The zero-order valence-corrected chi connectivity index (χ0v) is 15.8. The first kappa shape index (κ1) is 22.6. The van der Waals surface area contributed by atoms with Crippen molar-refractivity contribution in [1.82, 2.24) is 10.2 Å². The van der Waals surface area contributed by atoms with Crippen molar-refractivity contribution in [3.8, 4) is 5.75 Å². The van der Waals surface area contributed by atoms with E-state index in [2.05, 4.69) is 17.0 Å². The number of carbonyl (C=O) groups is 1. The molecule has 1 aromatic carbocycles. The van der Waals surface area contributed by atoms with Crippen LogP contribution in [-0.4, -0.2) is 37.3 Å². The molecule has 1 N–H and O–H groups in total. The Morgan fingerprint density at radius 2 is 1.92 bits per heavy atom. The van der Waals surface area contributed by atoms with Crippen LogP contribution < -0.4 is 10.1 Å². The fraction of sp³-hybridized carbons (Fsp3) is 0.611. The van der Waals surface area contributed by atoms with Gasteiger partial charge in [0, 0.05) is 25.6 Å². The topological polar surface area (TPSA) is 41.6 Å². The minimum Gasteiger partial charge on any atom is -0.405 e. The van der Waals surface area contributed by atoms with E-state index in [1.165, 1.54) is 17.0 Å². The van der Waals surface area contributed by atoms with Gasteiger partial charge in [0.1, 0.15) is 5.75 Å². The van der Waals surface area contributed by atoms with Gasteiger partial charge < -0.3 is 15.0 Å². The van der Waals surface area contributed by atoms with Crippen LogP contribution in [0.25, 0.3) is 0 Å². The van der Waals surface area contributed by atoms with Crippen LogP contribution in [-0.2, 0) is 11.3 Å². The molecule has 0 saturated carbocycles. The predicted octanol–water partition coefficient (Wildman–Crippen LogP) is 3.99. The van der Waals surface area contributed by atoms with E-state index in [-0.39, 0.29) is 36.5 Å². The van der Waals surface area contributed by atoms with Crippen LogP contribution in [0.3, 0.4) is 0 Å². The first-order valence-electron chi connectivity index (χ1n) is 8.54. The molecular formula is C18H26ClF3N2O2. The molecule has 1 atom stereocenters. The summed E-state index contributed by atoms with van der Waals surface area (Å²) in [6.45, 7) is 4.11. The zero-order valence-electron chi connectivity index (χ0n) is 15.0. The number of alkyl halides is 3. The van der Waals surface area contributed by atoms with E-state index in [9.17, 15) is 18.0 Å². The lowest BCUT2D eigenvalue weighted by atomic mass is 9.84. The van der Waals surface area contributed by atoms with E-state index in [0.29, 0.717) is 17.9 Å². The van der Waals surface area contributed by atoms with Crippen LogP contribution in [0.5, 0.6) is 5.75 Å². The highest BCUT2D eigenvalue weighted by atomic mass is 35.5. The Morgan fingerprint density at radius 3 is 2.54 bits per heavy atom. The summed E-state index contributed by atoms with van der Waals surface area (Å²) in [6, 6.07) is 5.92. The molecule has 1 saturated heterocycles. The van der Waals surface area contributed by atoms with Crippen molar-refractivity contribution in [3.63, 3.8) is 0 Å². The van der Waals surface area contributed by atoms with Crippen molar-refractivity contribution in [1.29, 1.82) is 0 Å². The number of amides is 1. The molecule has 1 aromatic rings. The molecule has 1 aliphatic rings. The molecule has 1 amide bonds. The second kappa shape index (κ2) is 10.0. The molecule has 8 heteroatoms. The number of piperidine rings is 1. The monoisotopic (exact) mass is 394 g/mol. The summed E-state index contributed by atoms with van der Waals surface area (Å²) in [4.78, 5) is 13.9. The molecule has 1 heterocycles. The standard InChI is InChI=1S/C18H25F3N2O2.ClH/c1-13(14-7-9-22-10-8-14)11-17(24)23(2)12-15-5-3-4-6-16(15)25-18(19,20)21;/h3-6,13-14,22H,7-12H2,1-2H3;1H. The molecule has 0 spiro atoms. The van der Waals surface area contributed by atoms with Crippen molar-refractivity contribution < 1.29 is 22.7 Å². The first-order chi connectivity index (χ1) is 11.8. The van der Waals surface area contributed by atoms with Gasteiger partial charge in [-0.05, 0) is 43.8 Å². The molecule has 2 rings (SSSR count). The van der Waals surface area contributed by atoms with Crippen molar-refractivity contribution in [2.75, 3.05) is 20.1 Å². The Bertz CT molecular complexity index is 578. The van der Waals surface area contributed by atoms with Crippen LogP contribution in [0.2, 0.25) is 0 Å². The Kier molecular flexibility index (Phi) is 8.70. The molecule has 148 valence electrons. The van der Waals surface area contributed by atoms with Gasteiger partial charge in [-0.15, -0.1) is 25.6 Å². The highest BCUT2D eigenvalue weighted by Gasteiger charge is 2.32. The van der Waals surface area contributed by atoms with Crippen molar-refractivity contribution >= 4 is 18.3 Å². The number of para-hydroxylation sites is 1. The fourth-order valence-corrected chi connectivity index (χ4v) is 3.21. The van der Waals surface area contributed by atoms with Gasteiger partial charge >= 0.3 is 6.36 Å². The maximum Gasteiger partial charge on any atom is 0.573 e. The lowest BCUT2D eigenvalue weighted by Crippen LogP contribution is -2.34.